The van der Waals surface area contributed by atoms with Crippen LogP contribution in [0.5, 0.6) is 0 Å². The Morgan fingerprint density at radius 2 is 2.32 bits per heavy atom. The summed E-state index contributed by atoms with van der Waals surface area (Å²) >= 11 is 0. The number of pyridine rings is 1. The van der Waals surface area contributed by atoms with Crippen molar-refractivity contribution in [3.63, 3.8) is 0 Å². The van der Waals surface area contributed by atoms with E-state index in [1.165, 1.54) is 12.3 Å². The Labute approximate surface area is 132 Å². The SMILES string of the molecule is [2H]C([2H])([2H])OCc1cnc(C2=NC(C)(C(C)C)C(=O)N2)c(C(=O)O)c1. The summed E-state index contributed by atoms with van der Waals surface area (Å²) in [6.07, 6.45) is 1.30. The van der Waals surface area contributed by atoms with Gasteiger partial charge in [-0.15, -0.1) is 0 Å². The molecular formula is C15H19N3O4. The van der Waals surface area contributed by atoms with Gasteiger partial charge in [0.15, 0.2) is 5.84 Å². The number of nitrogens with one attached hydrogen (secondary N) is 1. The molecule has 0 saturated carbocycles. The second kappa shape index (κ2) is 5.84. The molecule has 1 aromatic rings. The molecule has 0 saturated heterocycles. The molecule has 1 aliphatic rings. The molecule has 7 nitrogen and oxygen atoms in total. The lowest BCUT2D eigenvalue weighted by Crippen LogP contribution is -2.41. The molecule has 2 rings (SSSR count). The molecule has 1 unspecified atom stereocenters. The molecule has 1 aromatic heterocycles. The Balaban J connectivity index is 2.39. The Hall–Kier alpha value is -2.28. The number of carboxylic acids is 1. The third-order valence-electron chi connectivity index (χ3n) is 3.80. The Morgan fingerprint density at radius 3 is 2.86 bits per heavy atom. The molecule has 0 aliphatic carbocycles. The fourth-order valence-electron chi connectivity index (χ4n) is 2.07. The minimum absolute atomic E-state index is 0.0165. The number of amidine groups is 1. The van der Waals surface area contributed by atoms with Gasteiger partial charge in [-0.3, -0.25) is 9.78 Å². The summed E-state index contributed by atoms with van der Waals surface area (Å²) in [7, 11) is -2.59. The van der Waals surface area contributed by atoms with Gasteiger partial charge in [-0.1, -0.05) is 13.8 Å². The average Bonchev–Trinajstić information content (AvgIpc) is 2.81. The van der Waals surface area contributed by atoms with Crippen molar-refractivity contribution in [2.45, 2.75) is 32.9 Å². The zero-order valence-corrected chi connectivity index (χ0v) is 12.5. The highest BCUT2D eigenvalue weighted by Crippen LogP contribution is 2.27. The van der Waals surface area contributed by atoms with Crippen LogP contribution in [-0.2, 0) is 16.1 Å². The van der Waals surface area contributed by atoms with Crippen molar-refractivity contribution in [3.8, 4) is 0 Å². The highest BCUT2D eigenvalue weighted by molar-refractivity contribution is 6.17. The van der Waals surface area contributed by atoms with Crippen molar-refractivity contribution in [3.05, 3.63) is 29.1 Å². The molecule has 1 amide bonds. The van der Waals surface area contributed by atoms with Crippen LogP contribution >= 0.6 is 0 Å². The van der Waals surface area contributed by atoms with Crippen LogP contribution in [0.25, 0.3) is 0 Å². The van der Waals surface area contributed by atoms with E-state index in [1.807, 2.05) is 13.8 Å². The van der Waals surface area contributed by atoms with E-state index < -0.39 is 18.5 Å². The second-order valence-corrected chi connectivity index (χ2v) is 5.55. The third kappa shape index (κ3) is 2.71. The van der Waals surface area contributed by atoms with E-state index in [2.05, 4.69) is 20.0 Å². The molecule has 0 spiro atoms. The van der Waals surface area contributed by atoms with Gasteiger partial charge < -0.3 is 15.2 Å². The maximum atomic E-state index is 12.2. The summed E-state index contributed by atoms with van der Waals surface area (Å²) in [6, 6.07) is 1.26. The zero-order chi connectivity index (χ0) is 19.0. The number of aromatic nitrogens is 1. The predicted molar refractivity (Wildman–Crippen MR) is 79.8 cm³/mol. The number of aliphatic imine (C=N–C) groups is 1. The van der Waals surface area contributed by atoms with E-state index in [9.17, 15) is 14.7 Å². The summed E-state index contributed by atoms with van der Waals surface area (Å²) in [4.78, 5) is 32.1. The minimum Gasteiger partial charge on any atom is -0.478 e. The number of hydrogen-bond donors (Lipinski definition) is 2. The van der Waals surface area contributed by atoms with Gasteiger partial charge in [0.2, 0.25) is 0 Å². The molecule has 0 bridgehead atoms. The van der Waals surface area contributed by atoms with Crippen molar-refractivity contribution in [2.24, 2.45) is 10.9 Å². The number of amides is 1. The van der Waals surface area contributed by atoms with Crippen molar-refractivity contribution in [2.75, 3.05) is 7.04 Å². The smallest absolute Gasteiger partial charge is 0.338 e. The number of rotatable bonds is 5. The Kier molecular flexibility index (Phi) is 3.26. The maximum Gasteiger partial charge on any atom is 0.338 e. The minimum atomic E-state index is -2.59. The number of carboxylic acid groups (broad SMARTS) is 1. The standard InChI is InChI=1S/C15H19N3O4/c1-8(2)15(3)14(21)17-12(18-15)11-10(13(19)20)5-9(6-16-11)7-22-4/h5-6,8H,7H2,1-4H3,(H,19,20)(H,17,18,21)/i4D3. The van der Waals surface area contributed by atoms with Crippen LogP contribution in [-0.4, -0.2) is 40.4 Å². The molecule has 0 aromatic carbocycles. The Morgan fingerprint density at radius 1 is 1.59 bits per heavy atom. The van der Waals surface area contributed by atoms with Crippen LogP contribution in [0.3, 0.4) is 0 Å². The first-order valence-corrected chi connectivity index (χ1v) is 6.72. The summed E-state index contributed by atoms with van der Waals surface area (Å²) in [5.74, 6) is -1.61. The van der Waals surface area contributed by atoms with E-state index >= 15 is 0 Å². The lowest BCUT2D eigenvalue weighted by atomic mass is 9.89. The summed E-state index contributed by atoms with van der Waals surface area (Å²) in [5.41, 5.74) is -0.897. The van der Waals surface area contributed by atoms with Gasteiger partial charge in [-0.25, -0.2) is 9.79 Å². The summed E-state index contributed by atoms with van der Waals surface area (Å²) in [5, 5.41) is 12.0. The van der Waals surface area contributed by atoms with Crippen LogP contribution in [0.2, 0.25) is 0 Å². The second-order valence-electron chi connectivity index (χ2n) is 5.55. The fraction of sp³-hybridized carbons (Fsp3) is 0.467. The van der Waals surface area contributed by atoms with Crippen LogP contribution in [0.15, 0.2) is 17.3 Å². The van der Waals surface area contributed by atoms with Gasteiger partial charge in [0.25, 0.3) is 5.91 Å². The van der Waals surface area contributed by atoms with Gasteiger partial charge in [-0.2, -0.15) is 0 Å². The van der Waals surface area contributed by atoms with Crippen molar-refractivity contribution in [1.29, 1.82) is 0 Å². The highest BCUT2D eigenvalue weighted by Gasteiger charge is 2.43. The van der Waals surface area contributed by atoms with Crippen molar-refractivity contribution in [1.82, 2.24) is 10.3 Å². The summed E-state index contributed by atoms with van der Waals surface area (Å²) < 4.78 is 25.7. The number of hydrogen-bond acceptors (Lipinski definition) is 5. The van der Waals surface area contributed by atoms with Crippen LogP contribution < -0.4 is 5.32 Å². The molecule has 2 heterocycles. The van der Waals surface area contributed by atoms with Crippen molar-refractivity contribution < 1.29 is 23.5 Å². The number of methoxy groups -OCH3 is 1. The predicted octanol–water partition coefficient (Wildman–Crippen LogP) is 1.22. The number of carbonyl (C=O) groups excluding carboxylic acids is 1. The van der Waals surface area contributed by atoms with Crippen molar-refractivity contribution >= 4 is 17.7 Å². The molecule has 1 atom stereocenters. The van der Waals surface area contributed by atoms with Crippen LogP contribution in [0, 0.1) is 5.92 Å². The summed E-state index contributed by atoms with van der Waals surface area (Å²) in [6.45, 7) is 5.03. The lowest BCUT2D eigenvalue weighted by molar-refractivity contribution is -0.124. The molecule has 7 heteroatoms. The van der Waals surface area contributed by atoms with E-state index in [0.29, 0.717) is 0 Å². The first-order chi connectivity index (χ1) is 11.4. The molecule has 0 fully saturated rings. The number of nitrogens with zero attached hydrogens (tertiary/aromatic N) is 2. The average molecular weight is 308 g/mol. The molecule has 0 radical (unpaired) electrons. The molecule has 2 N–H and O–H groups in total. The monoisotopic (exact) mass is 308 g/mol. The Bertz CT molecular complexity index is 746. The molecule has 22 heavy (non-hydrogen) atoms. The van der Waals surface area contributed by atoms with E-state index in [4.69, 9.17) is 4.11 Å². The van der Waals surface area contributed by atoms with Crippen LogP contribution in [0.1, 0.15) is 46.5 Å². The normalized spacial score (nSPS) is 23.5. The fourth-order valence-corrected chi connectivity index (χ4v) is 2.07. The quantitative estimate of drug-likeness (QED) is 0.851. The van der Waals surface area contributed by atoms with E-state index in [1.54, 1.807) is 6.92 Å². The first-order valence-electron chi connectivity index (χ1n) is 8.22. The molecule has 1 aliphatic heterocycles. The number of carbonyl (C=O) groups is 2. The lowest BCUT2D eigenvalue weighted by Gasteiger charge is -2.21. The van der Waals surface area contributed by atoms with E-state index in [-0.39, 0.29) is 41.1 Å². The maximum absolute atomic E-state index is 12.2. The third-order valence-corrected chi connectivity index (χ3v) is 3.80. The largest absolute Gasteiger partial charge is 0.478 e. The van der Waals surface area contributed by atoms with Gasteiger partial charge in [0, 0.05) is 13.2 Å². The molecule has 118 valence electrons. The first kappa shape index (κ1) is 12.3. The van der Waals surface area contributed by atoms with Gasteiger partial charge >= 0.3 is 5.97 Å². The zero-order valence-electron chi connectivity index (χ0n) is 15.5. The number of aromatic carboxylic acids is 1. The van der Waals surface area contributed by atoms with Gasteiger partial charge in [0.1, 0.15) is 11.2 Å². The van der Waals surface area contributed by atoms with Gasteiger partial charge in [0.05, 0.1) is 16.3 Å². The number of ether oxygens (including phenoxy) is 1. The highest BCUT2D eigenvalue weighted by atomic mass is 16.5. The van der Waals surface area contributed by atoms with Gasteiger partial charge in [-0.05, 0) is 24.5 Å². The molecular weight excluding hydrogens is 286 g/mol. The van der Waals surface area contributed by atoms with Crippen LogP contribution in [0.4, 0.5) is 0 Å². The topological polar surface area (TPSA) is 101 Å². The van der Waals surface area contributed by atoms with E-state index in [0.717, 1.165) is 0 Å².